The Balaban J connectivity index is 1.43. The Morgan fingerprint density at radius 3 is 2.49 bits per heavy atom. The van der Waals surface area contributed by atoms with Gasteiger partial charge in [-0.25, -0.2) is 9.78 Å². The van der Waals surface area contributed by atoms with Crippen LogP contribution in [0, 0.1) is 39.0 Å². The Kier molecular flexibility index (Phi) is 8.64. The number of pyridine rings is 2. The molecule has 0 aliphatic carbocycles. The van der Waals surface area contributed by atoms with E-state index in [0.29, 0.717) is 49.1 Å². The molecule has 1 N–H and O–H groups in total. The molecule has 4 heterocycles. The Bertz CT molecular complexity index is 2450. The highest BCUT2D eigenvalue weighted by Gasteiger charge is 2.37. The van der Waals surface area contributed by atoms with Gasteiger partial charge in [-0.15, -0.1) is 11.3 Å². The molecule has 0 saturated carbocycles. The number of halogens is 4. The van der Waals surface area contributed by atoms with E-state index in [0.717, 1.165) is 6.07 Å². The molecule has 0 saturated heterocycles. The van der Waals surface area contributed by atoms with Crippen LogP contribution in [-0.4, -0.2) is 37.2 Å². The number of fused-ring (bicyclic) bond motifs is 2. The van der Waals surface area contributed by atoms with Crippen molar-refractivity contribution in [2.24, 2.45) is 0 Å². The van der Waals surface area contributed by atoms with E-state index in [9.17, 15) is 33.1 Å². The zero-order valence-corrected chi connectivity index (χ0v) is 27.9. The predicted molar refractivity (Wildman–Crippen MR) is 180 cm³/mol. The number of thiophene rings is 1. The van der Waals surface area contributed by atoms with E-state index in [1.807, 2.05) is 6.07 Å². The lowest BCUT2D eigenvalue weighted by molar-refractivity contribution is -0.137. The maximum Gasteiger partial charge on any atom is 0.417 e. The largest absolute Gasteiger partial charge is 0.491 e. The molecule has 0 spiro atoms. The highest BCUT2D eigenvalue weighted by Crippen LogP contribution is 2.43. The van der Waals surface area contributed by atoms with Crippen LogP contribution >= 0.6 is 22.9 Å². The molecule has 0 atom stereocenters. The molecule has 0 aliphatic rings. The molecule has 0 fully saturated rings. The van der Waals surface area contributed by atoms with Crippen molar-refractivity contribution in [1.82, 2.24) is 19.5 Å². The highest BCUT2D eigenvalue weighted by molar-refractivity contribution is 7.18. The van der Waals surface area contributed by atoms with Gasteiger partial charge in [-0.3, -0.25) is 19.3 Å². The molecule has 248 valence electrons. The van der Waals surface area contributed by atoms with Crippen LogP contribution in [0.1, 0.15) is 44.3 Å². The second-order valence-corrected chi connectivity index (χ2v) is 12.7. The normalized spacial score (nSPS) is 11.7. The summed E-state index contributed by atoms with van der Waals surface area (Å²) in [7, 11) is 0. The molecule has 14 heteroatoms. The number of benzene rings is 2. The van der Waals surface area contributed by atoms with Gasteiger partial charge in [-0.1, -0.05) is 11.6 Å². The summed E-state index contributed by atoms with van der Waals surface area (Å²) in [5, 5.41) is 21.6. The molecule has 6 rings (SSSR count). The third-order valence-corrected chi connectivity index (χ3v) is 9.29. The zero-order valence-electron chi connectivity index (χ0n) is 26.4. The van der Waals surface area contributed by atoms with Crippen molar-refractivity contribution in [3.8, 4) is 34.1 Å². The van der Waals surface area contributed by atoms with Gasteiger partial charge in [-0.2, -0.15) is 18.4 Å². The minimum absolute atomic E-state index is 0.0583. The van der Waals surface area contributed by atoms with Gasteiger partial charge in [0.05, 0.1) is 44.4 Å². The van der Waals surface area contributed by atoms with Gasteiger partial charge in [0.2, 0.25) is 0 Å². The number of carboxylic acid groups (broad SMARTS) is 1. The monoisotopic (exact) mass is 703 g/mol. The first-order valence-corrected chi connectivity index (χ1v) is 16.0. The van der Waals surface area contributed by atoms with E-state index in [1.165, 1.54) is 40.5 Å². The number of alkyl halides is 3. The van der Waals surface area contributed by atoms with Crippen LogP contribution in [0.3, 0.4) is 0 Å². The fourth-order valence-electron chi connectivity index (χ4n) is 5.84. The van der Waals surface area contributed by atoms with Gasteiger partial charge in [0.15, 0.2) is 0 Å². The van der Waals surface area contributed by atoms with Crippen molar-refractivity contribution in [2.75, 3.05) is 6.61 Å². The topological polar surface area (TPSA) is 131 Å². The van der Waals surface area contributed by atoms with Gasteiger partial charge in [-0.05, 0) is 75.2 Å². The first-order valence-electron chi connectivity index (χ1n) is 14.7. The fourth-order valence-corrected chi connectivity index (χ4v) is 7.02. The minimum atomic E-state index is -4.84. The molecule has 4 aromatic heterocycles. The SMILES string of the molecule is Cc1cc(-c2c(C(F)(F)F)cc3nc(C)n(CCOc4ccc(Cl)cc4-c4cc(C)nc5c(C(=O)O)csc45)c(=O)c3c2C#N)c(C)cn1. The van der Waals surface area contributed by atoms with Crippen molar-refractivity contribution in [1.29, 1.82) is 5.26 Å². The summed E-state index contributed by atoms with van der Waals surface area (Å²) in [6, 6.07) is 10.9. The van der Waals surface area contributed by atoms with Crippen LogP contribution in [0.4, 0.5) is 13.2 Å². The van der Waals surface area contributed by atoms with Crippen LogP contribution in [0.2, 0.25) is 5.02 Å². The van der Waals surface area contributed by atoms with E-state index in [1.54, 1.807) is 45.0 Å². The Labute approximate surface area is 285 Å². The van der Waals surface area contributed by atoms with E-state index in [4.69, 9.17) is 16.3 Å². The number of carbonyl (C=O) groups is 1. The zero-order chi connectivity index (χ0) is 35.4. The van der Waals surface area contributed by atoms with Crippen LogP contribution < -0.4 is 10.3 Å². The van der Waals surface area contributed by atoms with Gasteiger partial charge < -0.3 is 9.84 Å². The second-order valence-electron chi connectivity index (χ2n) is 11.4. The molecule has 0 bridgehead atoms. The summed E-state index contributed by atoms with van der Waals surface area (Å²) >= 11 is 7.59. The van der Waals surface area contributed by atoms with Crippen LogP contribution in [0.25, 0.3) is 43.4 Å². The van der Waals surface area contributed by atoms with Gasteiger partial charge >= 0.3 is 12.1 Å². The molecule has 2 aromatic carbocycles. The number of aryl methyl sites for hydroxylation is 4. The van der Waals surface area contributed by atoms with Crippen LogP contribution in [0.15, 0.2) is 52.8 Å². The number of nitrogens with zero attached hydrogens (tertiary/aromatic N) is 5. The number of carboxylic acids is 1. The standard InChI is InChI=1S/C35H25ClF3N5O4S/c1-16-14-41-17(2)9-21(16)29-24(13-40)30-27(12-26(29)35(37,38)39)43-19(4)44(33(30)45)7-8-48-28-6-5-20(36)11-22(28)23-10-18(3)42-31-25(34(46)47)15-49-32(23)31/h5-6,9-12,14-15H,7-8H2,1-4H3,(H,46,47). The molecule has 49 heavy (non-hydrogen) atoms. The molecule has 0 aliphatic heterocycles. The summed E-state index contributed by atoms with van der Waals surface area (Å²) in [6.45, 7) is 6.32. The first-order chi connectivity index (χ1) is 23.2. The van der Waals surface area contributed by atoms with Gasteiger partial charge in [0, 0.05) is 44.7 Å². The van der Waals surface area contributed by atoms with Gasteiger partial charge in [0.25, 0.3) is 5.56 Å². The molecular weight excluding hydrogens is 679 g/mol. The lowest BCUT2D eigenvalue weighted by atomic mass is 9.89. The molecule has 9 nitrogen and oxygen atoms in total. The molecule has 0 radical (unpaired) electrons. The number of rotatable bonds is 7. The Morgan fingerprint density at radius 1 is 1.06 bits per heavy atom. The van der Waals surface area contributed by atoms with Gasteiger partial charge in [0.1, 0.15) is 24.3 Å². The van der Waals surface area contributed by atoms with Crippen molar-refractivity contribution < 1.29 is 27.8 Å². The summed E-state index contributed by atoms with van der Waals surface area (Å²) in [5.41, 5.74) is 0.367. The maximum atomic E-state index is 14.5. The average molecular weight is 704 g/mol. The van der Waals surface area contributed by atoms with Crippen LogP contribution in [0.5, 0.6) is 5.75 Å². The fraction of sp³-hybridized carbons (Fsp3) is 0.200. The number of ether oxygens (including phenoxy) is 1. The second kappa shape index (κ2) is 12.6. The highest BCUT2D eigenvalue weighted by atomic mass is 35.5. The lowest BCUT2D eigenvalue weighted by Crippen LogP contribution is -2.27. The van der Waals surface area contributed by atoms with Crippen molar-refractivity contribution in [3.05, 3.63) is 103 Å². The van der Waals surface area contributed by atoms with E-state index in [2.05, 4.69) is 15.0 Å². The molecule has 0 unspecified atom stereocenters. The third-order valence-electron chi connectivity index (χ3n) is 8.05. The summed E-state index contributed by atoms with van der Waals surface area (Å²) < 4.78 is 51.4. The molecule has 0 amide bonds. The molecular formula is C35H25ClF3N5O4S. The Hall–Kier alpha value is -5.32. The van der Waals surface area contributed by atoms with E-state index < -0.39 is 34.4 Å². The lowest BCUT2D eigenvalue weighted by Gasteiger charge is -2.19. The first kappa shape index (κ1) is 33.6. The summed E-state index contributed by atoms with van der Waals surface area (Å²) in [5.74, 6) is -0.584. The molecule has 6 aromatic rings. The quantitative estimate of drug-likeness (QED) is 0.176. The van der Waals surface area contributed by atoms with E-state index in [-0.39, 0.29) is 41.0 Å². The number of hydrogen-bond donors (Lipinski definition) is 1. The smallest absolute Gasteiger partial charge is 0.417 e. The summed E-state index contributed by atoms with van der Waals surface area (Å²) in [6.07, 6.45) is -3.42. The van der Waals surface area contributed by atoms with Crippen molar-refractivity contribution in [2.45, 2.75) is 40.4 Å². The maximum absolute atomic E-state index is 14.5. The average Bonchev–Trinajstić information content (AvgIpc) is 3.47. The number of hydrogen-bond acceptors (Lipinski definition) is 8. The van der Waals surface area contributed by atoms with Crippen molar-refractivity contribution >= 4 is 50.0 Å². The van der Waals surface area contributed by atoms with E-state index >= 15 is 0 Å². The minimum Gasteiger partial charge on any atom is -0.491 e. The number of nitriles is 1. The third kappa shape index (κ3) is 6.09. The summed E-state index contributed by atoms with van der Waals surface area (Å²) in [4.78, 5) is 38.7. The predicted octanol–water partition coefficient (Wildman–Crippen LogP) is 8.29. The van der Waals surface area contributed by atoms with Crippen molar-refractivity contribution in [3.63, 3.8) is 0 Å². The Morgan fingerprint density at radius 2 is 1.80 bits per heavy atom. The number of aromatic nitrogens is 4. The number of aromatic carboxylic acids is 1. The van der Waals surface area contributed by atoms with Crippen LogP contribution in [-0.2, 0) is 12.7 Å².